The lowest BCUT2D eigenvalue weighted by Crippen LogP contribution is -2.14. The van der Waals surface area contributed by atoms with Gasteiger partial charge >= 0.3 is 0 Å². The van der Waals surface area contributed by atoms with Crippen LogP contribution in [0.25, 0.3) is 22.3 Å². The second kappa shape index (κ2) is 6.62. The number of nitrogens with zero attached hydrogens (tertiary/aromatic N) is 2. The summed E-state index contributed by atoms with van der Waals surface area (Å²) in [6.45, 7) is 2.21. The van der Waals surface area contributed by atoms with Gasteiger partial charge in [0.05, 0.1) is 18.7 Å². The summed E-state index contributed by atoms with van der Waals surface area (Å²) in [7, 11) is 0. The van der Waals surface area contributed by atoms with E-state index in [1.807, 2.05) is 41.1 Å². The van der Waals surface area contributed by atoms with Crippen molar-refractivity contribution >= 4 is 28.1 Å². The maximum atomic E-state index is 5.67. The molecule has 0 bridgehead atoms. The Hall–Kier alpha value is -2.02. The molecule has 0 radical (unpaired) electrons. The van der Waals surface area contributed by atoms with E-state index in [1.165, 1.54) is 0 Å². The maximum absolute atomic E-state index is 5.67. The number of anilines is 1. The predicted octanol–water partition coefficient (Wildman–Crippen LogP) is 3.74. The third-order valence-electron chi connectivity index (χ3n) is 3.89. The van der Waals surface area contributed by atoms with Crippen molar-refractivity contribution in [2.75, 3.05) is 25.3 Å². The molecule has 1 unspecified atom stereocenters. The monoisotopic (exact) mass is 327 g/mol. The number of nitrogens with one attached hydrogen (secondary N) is 1. The Morgan fingerprint density at radius 2 is 2.22 bits per heavy atom. The van der Waals surface area contributed by atoms with Gasteiger partial charge in [0, 0.05) is 28.9 Å². The molecule has 1 aliphatic heterocycles. The summed E-state index contributed by atoms with van der Waals surface area (Å²) in [5.41, 5.74) is 4.94. The van der Waals surface area contributed by atoms with Gasteiger partial charge < -0.3 is 4.74 Å². The van der Waals surface area contributed by atoms with Gasteiger partial charge in [0.25, 0.3) is 0 Å². The lowest BCUT2D eigenvalue weighted by atomic mass is 10.1. The van der Waals surface area contributed by atoms with Crippen LogP contribution in [-0.4, -0.2) is 29.8 Å². The van der Waals surface area contributed by atoms with E-state index in [4.69, 9.17) is 9.57 Å². The summed E-state index contributed by atoms with van der Waals surface area (Å²) in [5, 5.41) is 5.02. The van der Waals surface area contributed by atoms with Gasteiger partial charge in [-0.25, -0.2) is 15.4 Å². The number of para-hydroxylation sites is 1. The van der Waals surface area contributed by atoms with Crippen LogP contribution in [0.2, 0.25) is 0 Å². The van der Waals surface area contributed by atoms with Gasteiger partial charge in [-0.05, 0) is 30.0 Å². The molecule has 5 nitrogen and oxygen atoms in total. The zero-order chi connectivity index (χ0) is 15.5. The van der Waals surface area contributed by atoms with Crippen molar-refractivity contribution in [2.24, 2.45) is 5.92 Å². The fourth-order valence-corrected chi connectivity index (χ4v) is 3.25. The first-order valence-corrected chi connectivity index (χ1v) is 8.59. The Balaban J connectivity index is 1.60. The van der Waals surface area contributed by atoms with E-state index in [0.717, 1.165) is 36.1 Å². The van der Waals surface area contributed by atoms with E-state index in [1.54, 1.807) is 11.3 Å². The highest BCUT2D eigenvalue weighted by atomic mass is 32.1. The smallest absolute Gasteiger partial charge is 0.163 e. The lowest BCUT2D eigenvalue weighted by Gasteiger charge is -2.12. The molecule has 1 saturated heterocycles. The third kappa shape index (κ3) is 3.19. The highest BCUT2D eigenvalue weighted by molar-refractivity contribution is 7.08. The van der Waals surface area contributed by atoms with Crippen LogP contribution in [0.1, 0.15) is 6.42 Å². The summed E-state index contributed by atoms with van der Waals surface area (Å²) >= 11 is 1.63. The number of fused-ring (bicyclic) bond motifs is 1. The van der Waals surface area contributed by atoms with E-state index >= 15 is 0 Å². The number of aromatic nitrogens is 2. The molecular weight excluding hydrogens is 310 g/mol. The summed E-state index contributed by atoms with van der Waals surface area (Å²) in [6, 6.07) is 9.97. The molecule has 0 aliphatic carbocycles. The molecule has 6 heteroatoms. The highest BCUT2D eigenvalue weighted by Gasteiger charge is 2.16. The van der Waals surface area contributed by atoms with Gasteiger partial charge in [-0.15, -0.1) is 0 Å². The van der Waals surface area contributed by atoms with Crippen LogP contribution in [-0.2, 0) is 9.57 Å². The zero-order valence-electron chi connectivity index (χ0n) is 12.6. The summed E-state index contributed by atoms with van der Waals surface area (Å²) < 4.78 is 5.37. The largest absolute Gasteiger partial charge is 0.381 e. The molecule has 1 aromatic carbocycles. The number of hydrogen-bond acceptors (Lipinski definition) is 6. The van der Waals surface area contributed by atoms with Crippen molar-refractivity contribution in [1.29, 1.82) is 0 Å². The van der Waals surface area contributed by atoms with E-state index in [2.05, 4.69) is 15.4 Å². The minimum absolute atomic E-state index is 0.451. The second-order valence-corrected chi connectivity index (χ2v) is 6.35. The van der Waals surface area contributed by atoms with Gasteiger partial charge in [0.1, 0.15) is 0 Å². The van der Waals surface area contributed by atoms with Crippen molar-refractivity contribution in [1.82, 2.24) is 9.97 Å². The molecule has 0 amide bonds. The Kier molecular flexibility index (Phi) is 4.19. The van der Waals surface area contributed by atoms with Crippen molar-refractivity contribution in [3.05, 3.63) is 41.1 Å². The minimum Gasteiger partial charge on any atom is -0.381 e. The Labute approximate surface area is 138 Å². The van der Waals surface area contributed by atoms with Crippen molar-refractivity contribution < 1.29 is 9.57 Å². The maximum Gasteiger partial charge on any atom is 0.163 e. The van der Waals surface area contributed by atoms with Crippen LogP contribution >= 0.6 is 11.3 Å². The predicted molar refractivity (Wildman–Crippen MR) is 91.4 cm³/mol. The highest BCUT2D eigenvalue weighted by Crippen LogP contribution is 2.26. The van der Waals surface area contributed by atoms with Crippen LogP contribution in [0.15, 0.2) is 41.1 Å². The first-order valence-electron chi connectivity index (χ1n) is 7.65. The Bertz CT molecular complexity index is 786. The van der Waals surface area contributed by atoms with Gasteiger partial charge in [-0.3, -0.25) is 4.84 Å². The fraction of sp³-hybridized carbons (Fsp3) is 0.294. The van der Waals surface area contributed by atoms with Gasteiger partial charge in [0.15, 0.2) is 11.6 Å². The molecule has 3 heterocycles. The number of rotatable bonds is 5. The molecule has 23 heavy (non-hydrogen) atoms. The first-order chi connectivity index (χ1) is 11.4. The molecule has 4 rings (SSSR count). The minimum atomic E-state index is 0.451. The van der Waals surface area contributed by atoms with Crippen molar-refractivity contribution in [3.63, 3.8) is 0 Å². The summed E-state index contributed by atoms with van der Waals surface area (Å²) in [6.07, 6.45) is 1.05. The molecule has 2 aromatic heterocycles. The number of ether oxygens (including phenoxy) is 1. The number of hydrogen-bond donors (Lipinski definition) is 1. The zero-order valence-corrected chi connectivity index (χ0v) is 13.4. The van der Waals surface area contributed by atoms with Gasteiger partial charge in [0.2, 0.25) is 0 Å². The molecular formula is C17H17N3O2S. The summed E-state index contributed by atoms with van der Waals surface area (Å²) in [4.78, 5) is 14.9. The topological polar surface area (TPSA) is 56.3 Å². The van der Waals surface area contributed by atoms with Crippen LogP contribution < -0.4 is 5.48 Å². The molecule has 1 aliphatic rings. The Morgan fingerprint density at radius 1 is 1.26 bits per heavy atom. The molecule has 3 aromatic rings. The van der Waals surface area contributed by atoms with Gasteiger partial charge in [-0.1, -0.05) is 12.1 Å². The van der Waals surface area contributed by atoms with Gasteiger partial charge in [-0.2, -0.15) is 11.3 Å². The lowest BCUT2D eigenvalue weighted by molar-refractivity contribution is 0.126. The molecule has 118 valence electrons. The van der Waals surface area contributed by atoms with E-state index in [-0.39, 0.29) is 0 Å². The fourth-order valence-electron chi connectivity index (χ4n) is 2.62. The normalized spacial score (nSPS) is 17.7. The molecule has 0 saturated carbocycles. The van der Waals surface area contributed by atoms with Crippen molar-refractivity contribution in [2.45, 2.75) is 6.42 Å². The molecule has 1 N–H and O–H groups in total. The van der Waals surface area contributed by atoms with Crippen LogP contribution in [0.4, 0.5) is 5.82 Å². The van der Waals surface area contributed by atoms with Crippen LogP contribution in [0.3, 0.4) is 0 Å². The van der Waals surface area contributed by atoms with Crippen LogP contribution in [0, 0.1) is 5.92 Å². The average molecular weight is 327 g/mol. The number of thiophene rings is 1. The average Bonchev–Trinajstić information content (AvgIpc) is 3.28. The summed E-state index contributed by atoms with van der Waals surface area (Å²) in [5.74, 6) is 1.86. The van der Waals surface area contributed by atoms with E-state index < -0.39 is 0 Å². The van der Waals surface area contributed by atoms with Crippen LogP contribution in [0.5, 0.6) is 0 Å². The standard InChI is InChI=1S/C17H17N3O2S/c1-2-4-15-14(3-1)17(20-22-10-12-5-7-21-9-12)19-16(18-15)13-6-8-23-11-13/h1-4,6,8,11-12H,5,7,9-10H2,(H,18,19,20). The van der Waals surface area contributed by atoms with Crippen molar-refractivity contribution in [3.8, 4) is 11.4 Å². The second-order valence-electron chi connectivity index (χ2n) is 5.57. The quantitative estimate of drug-likeness (QED) is 0.724. The van der Waals surface area contributed by atoms with E-state index in [9.17, 15) is 0 Å². The molecule has 1 fully saturated rings. The first kappa shape index (κ1) is 14.6. The van der Waals surface area contributed by atoms with E-state index in [0.29, 0.717) is 24.2 Å². The SMILES string of the molecule is c1ccc2c(NOCC3CCOC3)nc(-c3ccsc3)nc2c1. The molecule has 0 spiro atoms. The third-order valence-corrected chi connectivity index (χ3v) is 4.58. The Morgan fingerprint density at radius 3 is 3.04 bits per heavy atom. The molecule has 1 atom stereocenters. The number of benzene rings is 1.